The highest BCUT2D eigenvalue weighted by molar-refractivity contribution is 5.63. The molecule has 0 spiro atoms. The van der Waals surface area contributed by atoms with Gasteiger partial charge >= 0.3 is 0 Å². The van der Waals surface area contributed by atoms with Crippen LogP contribution in [0, 0.1) is 5.92 Å². The summed E-state index contributed by atoms with van der Waals surface area (Å²) in [5.74, 6) is 0.842. The van der Waals surface area contributed by atoms with E-state index in [1.165, 1.54) is 54.6 Å². The Kier molecular flexibility index (Phi) is 5.47. The SMILES string of the molecule is c1ccc(CC2CCN(Cc3ccc(-c4ccccc4)cc3)CC2)cc1. The summed E-state index contributed by atoms with van der Waals surface area (Å²) < 4.78 is 0. The van der Waals surface area contributed by atoms with E-state index in [-0.39, 0.29) is 0 Å². The number of rotatable bonds is 5. The Morgan fingerprint density at radius 2 is 1.19 bits per heavy atom. The van der Waals surface area contributed by atoms with Gasteiger partial charge in [-0.3, -0.25) is 4.90 Å². The van der Waals surface area contributed by atoms with Crippen molar-refractivity contribution >= 4 is 0 Å². The van der Waals surface area contributed by atoms with Crippen LogP contribution < -0.4 is 0 Å². The van der Waals surface area contributed by atoms with Crippen LogP contribution in [-0.2, 0) is 13.0 Å². The van der Waals surface area contributed by atoms with Crippen molar-refractivity contribution in [3.05, 3.63) is 96.1 Å². The molecule has 0 N–H and O–H groups in total. The molecule has 0 radical (unpaired) electrons. The summed E-state index contributed by atoms with van der Waals surface area (Å²) in [7, 11) is 0. The number of nitrogens with zero attached hydrogens (tertiary/aromatic N) is 1. The molecule has 1 heterocycles. The normalized spacial score (nSPS) is 15.8. The smallest absolute Gasteiger partial charge is 0.0233 e. The van der Waals surface area contributed by atoms with Crippen molar-refractivity contribution in [2.75, 3.05) is 13.1 Å². The Hall–Kier alpha value is -2.38. The lowest BCUT2D eigenvalue weighted by atomic mass is 9.90. The van der Waals surface area contributed by atoms with E-state index in [9.17, 15) is 0 Å². The summed E-state index contributed by atoms with van der Waals surface area (Å²) in [5.41, 5.74) is 5.50. The zero-order chi connectivity index (χ0) is 17.6. The topological polar surface area (TPSA) is 3.24 Å². The lowest BCUT2D eigenvalue weighted by Gasteiger charge is -2.32. The van der Waals surface area contributed by atoms with Crippen LogP contribution in [0.1, 0.15) is 24.0 Å². The number of likely N-dealkylation sites (tertiary alicyclic amines) is 1. The van der Waals surface area contributed by atoms with E-state index in [1.807, 2.05) is 0 Å². The summed E-state index contributed by atoms with van der Waals surface area (Å²) in [4.78, 5) is 2.61. The molecule has 4 rings (SSSR count). The molecule has 3 aromatic rings. The third-order valence-corrected chi connectivity index (χ3v) is 5.54. The van der Waals surface area contributed by atoms with Gasteiger partial charge in [0, 0.05) is 6.54 Å². The predicted molar refractivity (Wildman–Crippen MR) is 110 cm³/mol. The van der Waals surface area contributed by atoms with Crippen LogP contribution in [0.5, 0.6) is 0 Å². The van der Waals surface area contributed by atoms with Crippen molar-refractivity contribution in [3.63, 3.8) is 0 Å². The summed E-state index contributed by atoms with van der Waals surface area (Å²) in [6.07, 6.45) is 3.87. The molecule has 0 aliphatic carbocycles. The fourth-order valence-electron chi connectivity index (χ4n) is 3.99. The molecule has 0 bridgehead atoms. The Bertz CT molecular complexity index is 785. The maximum atomic E-state index is 2.61. The molecule has 1 nitrogen and oxygen atoms in total. The number of benzene rings is 3. The van der Waals surface area contributed by atoms with Crippen LogP contribution in [-0.4, -0.2) is 18.0 Å². The first-order valence-corrected chi connectivity index (χ1v) is 9.77. The van der Waals surface area contributed by atoms with E-state index in [1.54, 1.807) is 0 Å². The molecular weight excluding hydrogens is 314 g/mol. The van der Waals surface area contributed by atoms with Crippen molar-refractivity contribution in [1.82, 2.24) is 4.90 Å². The fraction of sp³-hybridized carbons (Fsp3) is 0.280. The van der Waals surface area contributed by atoms with Crippen LogP contribution >= 0.6 is 0 Å². The quantitative estimate of drug-likeness (QED) is 0.566. The molecule has 0 aromatic heterocycles. The highest BCUT2D eigenvalue weighted by atomic mass is 15.1. The van der Waals surface area contributed by atoms with Crippen molar-refractivity contribution in [2.45, 2.75) is 25.8 Å². The predicted octanol–water partition coefficient (Wildman–Crippen LogP) is 5.81. The number of hydrogen-bond donors (Lipinski definition) is 0. The van der Waals surface area contributed by atoms with Gasteiger partial charge in [0.15, 0.2) is 0 Å². The molecule has 26 heavy (non-hydrogen) atoms. The first kappa shape index (κ1) is 17.1. The zero-order valence-electron chi connectivity index (χ0n) is 15.4. The lowest BCUT2D eigenvalue weighted by Crippen LogP contribution is -2.33. The Balaban J connectivity index is 1.29. The summed E-state index contributed by atoms with van der Waals surface area (Å²) in [5, 5.41) is 0. The highest BCUT2D eigenvalue weighted by Gasteiger charge is 2.19. The van der Waals surface area contributed by atoms with Gasteiger partial charge in [-0.15, -0.1) is 0 Å². The highest BCUT2D eigenvalue weighted by Crippen LogP contribution is 2.24. The van der Waals surface area contributed by atoms with Crippen LogP contribution in [0.2, 0.25) is 0 Å². The standard InChI is InChI=1S/C25H27N/c1-3-7-21(8-4-1)19-22-15-17-26(18-16-22)20-23-11-13-25(14-12-23)24-9-5-2-6-10-24/h1-14,22H,15-20H2. The lowest BCUT2D eigenvalue weighted by molar-refractivity contribution is 0.177. The summed E-state index contributed by atoms with van der Waals surface area (Å²) in [6.45, 7) is 3.52. The fourth-order valence-corrected chi connectivity index (χ4v) is 3.99. The molecule has 1 saturated heterocycles. The van der Waals surface area contributed by atoms with E-state index in [0.29, 0.717) is 0 Å². The van der Waals surface area contributed by atoms with Gasteiger partial charge in [-0.05, 0) is 60.5 Å². The minimum atomic E-state index is 0.842. The number of piperidine rings is 1. The minimum absolute atomic E-state index is 0.842. The van der Waals surface area contributed by atoms with Crippen molar-refractivity contribution < 1.29 is 0 Å². The average molecular weight is 341 g/mol. The second kappa shape index (κ2) is 8.33. The molecule has 0 unspecified atom stereocenters. The molecule has 132 valence electrons. The van der Waals surface area contributed by atoms with Crippen LogP contribution in [0.15, 0.2) is 84.9 Å². The molecule has 1 aliphatic rings. The van der Waals surface area contributed by atoms with Crippen molar-refractivity contribution in [3.8, 4) is 11.1 Å². The van der Waals surface area contributed by atoms with E-state index in [0.717, 1.165) is 12.5 Å². The molecule has 0 saturated carbocycles. The Labute approximate surface area is 157 Å². The van der Waals surface area contributed by atoms with Gasteiger partial charge < -0.3 is 0 Å². The maximum Gasteiger partial charge on any atom is 0.0233 e. The average Bonchev–Trinajstić information content (AvgIpc) is 2.72. The van der Waals surface area contributed by atoms with E-state index in [4.69, 9.17) is 0 Å². The van der Waals surface area contributed by atoms with E-state index >= 15 is 0 Å². The zero-order valence-corrected chi connectivity index (χ0v) is 15.4. The Morgan fingerprint density at radius 3 is 1.85 bits per heavy atom. The molecule has 1 aliphatic heterocycles. The third-order valence-electron chi connectivity index (χ3n) is 5.54. The van der Waals surface area contributed by atoms with Crippen molar-refractivity contribution in [1.29, 1.82) is 0 Å². The maximum absolute atomic E-state index is 2.61. The van der Waals surface area contributed by atoms with E-state index < -0.39 is 0 Å². The summed E-state index contributed by atoms with van der Waals surface area (Å²) >= 11 is 0. The van der Waals surface area contributed by atoms with Gasteiger partial charge in [-0.25, -0.2) is 0 Å². The molecule has 0 amide bonds. The van der Waals surface area contributed by atoms with Gasteiger partial charge in [0.1, 0.15) is 0 Å². The molecule has 0 atom stereocenters. The molecule has 1 fully saturated rings. The van der Waals surface area contributed by atoms with E-state index in [2.05, 4.69) is 89.8 Å². The molecule has 3 aromatic carbocycles. The Morgan fingerprint density at radius 1 is 0.615 bits per heavy atom. The minimum Gasteiger partial charge on any atom is -0.299 e. The largest absolute Gasteiger partial charge is 0.299 e. The monoisotopic (exact) mass is 341 g/mol. The molecule has 1 heteroatoms. The first-order chi connectivity index (χ1) is 12.9. The van der Waals surface area contributed by atoms with Crippen LogP contribution in [0.4, 0.5) is 0 Å². The first-order valence-electron chi connectivity index (χ1n) is 9.77. The number of hydrogen-bond acceptors (Lipinski definition) is 1. The summed E-state index contributed by atoms with van der Waals surface area (Å²) in [6, 6.07) is 30.7. The van der Waals surface area contributed by atoms with Gasteiger partial charge in [-0.1, -0.05) is 84.9 Å². The van der Waals surface area contributed by atoms with Gasteiger partial charge in [0.2, 0.25) is 0 Å². The van der Waals surface area contributed by atoms with Gasteiger partial charge in [0.25, 0.3) is 0 Å². The van der Waals surface area contributed by atoms with Gasteiger partial charge in [0.05, 0.1) is 0 Å². The van der Waals surface area contributed by atoms with Crippen molar-refractivity contribution in [2.24, 2.45) is 5.92 Å². The second-order valence-electron chi connectivity index (χ2n) is 7.47. The van der Waals surface area contributed by atoms with Gasteiger partial charge in [-0.2, -0.15) is 0 Å². The molecular formula is C25H27N. The third kappa shape index (κ3) is 4.42. The van der Waals surface area contributed by atoms with Crippen LogP contribution in [0.25, 0.3) is 11.1 Å². The van der Waals surface area contributed by atoms with Crippen LogP contribution in [0.3, 0.4) is 0 Å². The second-order valence-corrected chi connectivity index (χ2v) is 7.47.